The van der Waals surface area contributed by atoms with E-state index in [9.17, 15) is 10.1 Å². The second kappa shape index (κ2) is 6.12. The van der Waals surface area contributed by atoms with Crippen molar-refractivity contribution >= 4 is 11.4 Å². The molecule has 2 aliphatic rings. The first-order valence-corrected chi connectivity index (χ1v) is 7.85. The smallest absolute Gasteiger partial charge is 0.311 e. The first-order chi connectivity index (χ1) is 10.6. The quantitative estimate of drug-likeness (QED) is 0.680. The molecule has 1 saturated heterocycles. The summed E-state index contributed by atoms with van der Waals surface area (Å²) < 4.78 is 11.2. The molecular weight excluding hydrogens is 284 g/mol. The number of methoxy groups -OCH3 is 1. The van der Waals surface area contributed by atoms with E-state index >= 15 is 0 Å². The van der Waals surface area contributed by atoms with Gasteiger partial charge in [0.1, 0.15) is 0 Å². The molecule has 1 N–H and O–H groups in total. The molecule has 6 heteroatoms. The lowest BCUT2D eigenvalue weighted by molar-refractivity contribution is -0.385. The highest BCUT2D eigenvalue weighted by molar-refractivity contribution is 5.58. The topological polar surface area (TPSA) is 73.6 Å². The van der Waals surface area contributed by atoms with Crippen LogP contribution >= 0.6 is 0 Å². The first-order valence-electron chi connectivity index (χ1n) is 7.85. The standard InChI is InChI=1S/C16H22N2O4/c1-21-15-10-12(4-5-14(15)18(19)20)17-13-6-9-22-16(11-13)7-2-3-8-16/h4-5,10,13,17H,2-3,6-9,11H2,1H3. The fourth-order valence-corrected chi connectivity index (χ4v) is 3.67. The molecule has 1 unspecified atom stereocenters. The number of ether oxygens (including phenoxy) is 2. The minimum Gasteiger partial charge on any atom is -0.490 e. The zero-order chi connectivity index (χ0) is 15.6. The Balaban J connectivity index is 1.71. The van der Waals surface area contributed by atoms with Crippen LogP contribution in [0.5, 0.6) is 5.75 Å². The van der Waals surface area contributed by atoms with Crippen LogP contribution in [0, 0.1) is 10.1 Å². The number of rotatable bonds is 4. The van der Waals surface area contributed by atoms with Crippen molar-refractivity contribution in [2.45, 2.75) is 50.2 Å². The second-order valence-electron chi connectivity index (χ2n) is 6.22. The number of nitro groups is 1. The Morgan fingerprint density at radius 2 is 2.18 bits per heavy atom. The maximum absolute atomic E-state index is 10.9. The lowest BCUT2D eigenvalue weighted by Crippen LogP contribution is -2.42. The fraction of sp³-hybridized carbons (Fsp3) is 0.625. The van der Waals surface area contributed by atoms with E-state index < -0.39 is 4.92 Å². The summed E-state index contributed by atoms with van der Waals surface area (Å²) >= 11 is 0. The summed E-state index contributed by atoms with van der Waals surface area (Å²) in [6, 6.07) is 5.29. The normalized spacial score (nSPS) is 23.4. The third kappa shape index (κ3) is 3.02. The Hall–Kier alpha value is -1.82. The molecule has 0 bridgehead atoms. The molecule has 6 nitrogen and oxygen atoms in total. The van der Waals surface area contributed by atoms with Gasteiger partial charge in [0.05, 0.1) is 17.6 Å². The van der Waals surface area contributed by atoms with Crippen LogP contribution < -0.4 is 10.1 Å². The van der Waals surface area contributed by atoms with Gasteiger partial charge in [-0.3, -0.25) is 10.1 Å². The Morgan fingerprint density at radius 3 is 2.86 bits per heavy atom. The summed E-state index contributed by atoms with van der Waals surface area (Å²) in [4.78, 5) is 10.5. The molecule has 2 fully saturated rings. The van der Waals surface area contributed by atoms with Gasteiger partial charge < -0.3 is 14.8 Å². The van der Waals surface area contributed by atoms with Crippen molar-refractivity contribution in [1.82, 2.24) is 0 Å². The average Bonchev–Trinajstić information content (AvgIpc) is 2.94. The molecule has 0 aromatic heterocycles. The number of hydrogen-bond donors (Lipinski definition) is 1. The molecule has 1 heterocycles. The third-order valence-corrected chi connectivity index (χ3v) is 4.75. The van der Waals surface area contributed by atoms with Gasteiger partial charge in [0, 0.05) is 30.5 Å². The van der Waals surface area contributed by atoms with Crippen LogP contribution in [0.3, 0.4) is 0 Å². The third-order valence-electron chi connectivity index (χ3n) is 4.75. The summed E-state index contributed by atoms with van der Waals surface area (Å²) in [6.45, 7) is 0.780. The summed E-state index contributed by atoms with van der Waals surface area (Å²) in [5.41, 5.74) is 0.913. The first kappa shape index (κ1) is 15.1. The van der Waals surface area contributed by atoms with Crippen molar-refractivity contribution in [2.24, 2.45) is 0 Å². The molecule has 120 valence electrons. The number of nitro benzene ring substituents is 1. The summed E-state index contributed by atoms with van der Waals surface area (Å²) in [5, 5.41) is 14.4. The summed E-state index contributed by atoms with van der Waals surface area (Å²) in [6.07, 6.45) is 6.76. The van der Waals surface area contributed by atoms with Gasteiger partial charge in [-0.1, -0.05) is 12.8 Å². The predicted molar refractivity (Wildman–Crippen MR) is 83.4 cm³/mol. The van der Waals surface area contributed by atoms with Gasteiger partial charge in [-0.25, -0.2) is 0 Å². The van der Waals surface area contributed by atoms with E-state index in [-0.39, 0.29) is 17.0 Å². The highest BCUT2D eigenvalue weighted by atomic mass is 16.6. The van der Waals surface area contributed by atoms with Crippen LogP contribution in [-0.2, 0) is 4.74 Å². The molecule has 0 radical (unpaired) electrons. The highest BCUT2D eigenvalue weighted by Crippen LogP contribution is 2.41. The van der Waals surface area contributed by atoms with E-state index in [4.69, 9.17) is 9.47 Å². The van der Waals surface area contributed by atoms with Crippen LogP contribution in [0.1, 0.15) is 38.5 Å². The zero-order valence-electron chi connectivity index (χ0n) is 12.8. The van der Waals surface area contributed by atoms with Gasteiger partial charge in [-0.2, -0.15) is 0 Å². The lowest BCUT2D eigenvalue weighted by Gasteiger charge is -2.39. The summed E-state index contributed by atoms with van der Waals surface area (Å²) in [5.74, 6) is 0.289. The minimum atomic E-state index is -0.426. The molecule has 1 saturated carbocycles. The van der Waals surface area contributed by atoms with Gasteiger partial charge in [0.15, 0.2) is 5.75 Å². The van der Waals surface area contributed by atoms with Gasteiger partial charge in [0.25, 0.3) is 0 Å². The molecule has 1 aromatic carbocycles. The number of anilines is 1. The van der Waals surface area contributed by atoms with Crippen LogP contribution in [0.15, 0.2) is 18.2 Å². The monoisotopic (exact) mass is 306 g/mol. The maximum Gasteiger partial charge on any atom is 0.311 e. The molecular formula is C16H22N2O4. The van der Waals surface area contributed by atoms with Gasteiger partial charge in [0.2, 0.25) is 0 Å². The Bertz CT molecular complexity index is 555. The largest absolute Gasteiger partial charge is 0.490 e. The van der Waals surface area contributed by atoms with E-state index in [0.29, 0.717) is 6.04 Å². The van der Waals surface area contributed by atoms with E-state index in [0.717, 1.165) is 38.0 Å². The molecule has 1 atom stereocenters. The van der Waals surface area contributed by atoms with Crippen LogP contribution in [0.2, 0.25) is 0 Å². The molecule has 0 amide bonds. The molecule has 1 aromatic rings. The predicted octanol–water partition coefficient (Wildman–Crippen LogP) is 3.51. The number of nitrogens with zero attached hydrogens (tertiary/aromatic N) is 1. The average molecular weight is 306 g/mol. The Morgan fingerprint density at radius 1 is 1.41 bits per heavy atom. The van der Waals surface area contributed by atoms with E-state index in [1.807, 2.05) is 0 Å². The van der Waals surface area contributed by atoms with E-state index in [2.05, 4.69) is 5.32 Å². The lowest BCUT2D eigenvalue weighted by atomic mass is 9.89. The van der Waals surface area contributed by atoms with Crippen molar-refractivity contribution in [2.75, 3.05) is 19.0 Å². The van der Waals surface area contributed by atoms with Crippen LogP contribution in [-0.4, -0.2) is 30.3 Å². The SMILES string of the molecule is COc1cc(NC2CCOC3(CCCC3)C2)ccc1[N+](=O)[O-]. The number of benzene rings is 1. The van der Waals surface area contributed by atoms with Crippen molar-refractivity contribution in [3.8, 4) is 5.75 Å². The van der Waals surface area contributed by atoms with Crippen molar-refractivity contribution in [3.63, 3.8) is 0 Å². The molecule has 1 spiro atoms. The van der Waals surface area contributed by atoms with Gasteiger partial charge in [-0.05, 0) is 31.7 Å². The molecule has 1 aliphatic carbocycles. The second-order valence-corrected chi connectivity index (χ2v) is 6.22. The number of hydrogen-bond acceptors (Lipinski definition) is 5. The summed E-state index contributed by atoms with van der Waals surface area (Å²) in [7, 11) is 1.45. The van der Waals surface area contributed by atoms with Crippen LogP contribution in [0.4, 0.5) is 11.4 Å². The number of nitrogens with one attached hydrogen (secondary N) is 1. The fourth-order valence-electron chi connectivity index (χ4n) is 3.67. The molecule has 1 aliphatic heterocycles. The minimum absolute atomic E-state index is 0.00714. The van der Waals surface area contributed by atoms with Crippen molar-refractivity contribution in [3.05, 3.63) is 28.3 Å². The molecule has 22 heavy (non-hydrogen) atoms. The van der Waals surface area contributed by atoms with Crippen LogP contribution in [0.25, 0.3) is 0 Å². The Kier molecular flexibility index (Phi) is 4.20. The van der Waals surface area contributed by atoms with E-state index in [1.165, 1.54) is 26.0 Å². The Labute approximate surface area is 129 Å². The highest BCUT2D eigenvalue weighted by Gasteiger charge is 2.39. The van der Waals surface area contributed by atoms with Gasteiger partial charge >= 0.3 is 5.69 Å². The van der Waals surface area contributed by atoms with Gasteiger partial charge in [-0.15, -0.1) is 0 Å². The zero-order valence-corrected chi connectivity index (χ0v) is 12.8. The van der Waals surface area contributed by atoms with Crippen molar-refractivity contribution in [1.29, 1.82) is 0 Å². The molecule has 3 rings (SSSR count). The van der Waals surface area contributed by atoms with E-state index in [1.54, 1.807) is 12.1 Å². The maximum atomic E-state index is 10.9. The van der Waals surface area contributed by atoms with Crippen molar-refractivity contribution < 1.29 is 14.4 Å².